The first kappa shape index (κ1) is 13.5. The lowest BCUT2D eigenvalue weighted by Crippen LogP contribution is -2.24. The largest absolute Gasteiger partial charge is 0.396 e. The van der Waals surface area contributed by atoms with Gasteiger partial charge in [-0.15, -0.1) is 11.3 Å². The molecule has 0 saturated heterocycles. The molecule has 0 aliphatic heterocycles. The van der Waals surface area contributed by atoms with Crippen molar-refractivity contribution in [2.75, 3.05) is 13.2 Å². The van der Waals surface area contributed by atoms with Crippen LogP contribution in [0.1, 0.15) is 40.2 Å². The van der Waals surface area contributed by atoms with E-state index in [0.29, 0.717) is 17.8 Å². The molecule has 0 atom stereocenters. The molecule has 0 radical (unpaired) electrons. The minimum Gasteiger partial charge on any atom is -0.396 e. The number of aryl methyl sites for hydroxylation is 2. The van der Waals surface area contributed by atoms with Crippen molar-refractivity contribution in [3.63, 3.8) is 0 Å². The van der Waals surface area contributed by atoms with Crippen LogP contribution in [0, 0.1) is 0 Å². The highest BCUT2D eigenvalue weighted by Gasteiger charge is 2.15. The number of hydrogen-bond acceptors (Lipinski definition) is 4. The molecule has 0 unspecified atom stereocenters. The van der Waals surface area contributed by atoms with Gasteiger partial charge in [0.1, 0.15) is 4.83 Å². The second kappa shape index (κ2) is 5.89. The van der Waals surface area contributed by atoms with Crippen LogP contribution in [0.3, 0.4) is 0 Å². The Labute approximate surface area is 121 Å². The fraction of sp³-hybridized carbons (Fsp3) is 0.467. The van der Waals surface area contributed by atoms with Gasteiger partial charge in [0.05, 0.1) is 4.88 Å². The molecule has 20 heavy (non-hydrogen) atoms. The van der Waals surface area contributed by atoms with Crippen LogP contribution in [0.4, 0.5) is 0 Å². The smallest absolute Gasteiger partial charge is 0.261 e. The van der Waals surface area contributed by atoms with E-state index in [2.05, 4.69) is 11.4 Å². The van der Waals surface area contributed by atoms with Crippen LogP contribution in [0.15, 0.2) is 12.1 Å². The Hall–Kier alpha value is -1.46. The Morgan fingerprint density at radius 2 is 2.20 bits per heavy atom. The molecule has 1 aliphatic carbocycles. The minimum absolute atomic E-state index is 0.0700. The predicted molar refractivity (Wildman–Crippen MR) is 80.3 cm³/mol. The molecule has 0 aromatic carbocycles. The number of hydrogen-bond donors (Lipinski definition) is 2. The van der Waals surface area contributed by atoms with Crippen LogP contribution >= 0.6 is 11.3 Å². The number of aliphatic hydroxyl groups excluding tert-OH is 1. The first-order chi connectivity index (χ1) is 9.78. The zero-order chi connectivity index (χ0) is 13.9. The van der Waals surface area contributed by atoms with Gasteiger partial charge in [0.15, 0.2) is 0 Å². The molecule has 2 aromatic heterocycles. The van der Waals surface area contributed by atoms with Gasteiger partial charge in [-0.05, 0) is 49.8 Å². The fourth-order valence-electron chi connectivity index (χ4n) is 2.57. The van der Waals surface area contributed by atoms with Crippen LogP contribution in [-0.4, -0.2) is 29.1 Å². The molecule has 1 aliphatic rings. The van der Waals surface area contributed by atoms with Gasteiger partial charge in [-0.2, -0.15) is 0 Å². The average Bonchev–Trinajstić information content (AvgIpc) is 2.87. The van der Waals surface area contributed by atoms with Crippen molar-refractivity contribution < 1.29 is 9.90 Å². The number of aliphatic hydroxyl groups is 1. The Bertz CT molecular complexity index is 593. The van der Waals surface area contributed by atoms with Gasteiger partial charge in [0.2, 0.25) is 0 Å². The summed E-state index contributed by atoms with van der Waals surface area (Å²) in [7, 11) is 0. The quantitative estimate of drug-likeness (QED) is 0.849. The zero-order valence-electron chi connectivity index (χ0n) is 11.3. The van der Waals surface area contributed by atoms with Gasteiger partial charge < -0.3 is 10.4 Å². The van der Waals surface area contributed by atoms with Crippen molar-refractivity contribution in [1.82, 2.24) is 10.3 Å². The van der Waals surface area contributed by atoms with E-state index in [1.165, 1.54) is 35.4 Å². The first-order valence-corrected chi connectivity index (χ1v) is 7.91. The lowest BCUT2D eigenvalue weighted by molar-refractivity contribution is 0.0955. The molecule has 2 N–H and O–H groups in total. The SMILES string of the molecule is O=C(NCCCO)c1cc2cc3c(nc2s1)CCCC3. The van der Waals surface area contributed by atoms with Crippen molar-refractivity contribution in [2.24, 2.45) is 0 Å². The van der Waals surface area contributed by atoms with Crippen LogP contribution in [0.2, 0.25) is 0 Å². The maximum atomic E-state index is 12.0. The summed E-state index contributed by atoms with van der Waals surface area (Å²) in [6, 6.07) is 4.12. The molecule has 2 aromatic rings. The molecular weight excluding hydrogens is 272 g/mol. The summed E-state index contributed by atoms with van der Waals surface area (Å²) < 4.78 is 0. The number of carbonyl (C=O) groups is 1. The van der Waals surface area contributed by atoms with Crippen molar-refractivity contribution in [2.45, 2.75) is 32.1 Å². The summed E-state index contributed by atoms with van der Waals surface area (Å²) in [6.07, 6.45) is 5.20. The predicted octanol–water partition coefficient (Wildman–Crippen LogP) is 2.29. The Balaban J connectivity index is 1.85. The highest BCUT2D eigenvalue weighted by atomic mass is 32.1. The number of amides is 1. The monoisotopic (exact) mass is 290 g/mol. The molecule has 2 heterocycles. The lowest BCUT2D eigenvalue weighted by Gasteiger charge is -2.13. The molecule has 0 spiro atoms. The Kier molecular flexibility index (Phi) is 3.98. The van der Waals surface area contributed by atoms with Crippen molar-refractivity contribution in [3.8, 4) is 0 Å². The number of carbonyl (C=O) groups excluding carboxylic acids is 1. The topological polar surface area (TPSA) is 62.2 Å². The second-order valence-corrected chi connectivity index (χ2v) is 6.17. The number of pyridine rings is 1. The molecule has 3 rings (SSSR count). The van der Waals surface area contributed by atoms with Gasteiger partial charge in [-0.3, -0.25) is 4.79 Å². The zero-order valence-corrected chi connectivity index (χ0v) is 12.1. The minimum atomic E-state index is -0.0700. The van der Waals surface area contributed by atoms with Crippen molar-refractivity contribution >= 4 is 27.5 Å². The molecular formula is C15H18N2O2S. The first-order valence-electron chi connectivity index (χ1n) is 7.09. The van der Waals surface area contributed by atoms with Gasteiger partial charge in [0.25, 0.3) is 5.91 Å². The molecule has 4 nitrogen and oxygen atoms in total. The standard InChI is InChI=1S/C15H18N2O2S/c18-7-3-6-16-14(19)13-9-11-8-10-4-1-2-5-12(10)17-15(11)20-13/h8-9,18H,1-7H2,(H,16,19). The van der Waals surface area contributed by atoms with E-state index in [0.717, 1.165) is 23.1 Å². The normalized spacial score (nSPS) is 14.2. The second-order valence-electron chi connectivity index (χ2n) is 5.14. The van der Waals surface area contributed by atoms with Crippen LogP contribution in [0.25, 0.3) is 10.2 Å². The summed E-state index contributed by atoms with van der Waals surface area (Å²) in [5.41, 5.74) is 2.55. The van der Waals surface area contributed by atoms with E-state index in [4.69, 9.17) is 10.1 Å². The number of nitrogens with zero attached hydrogens (tertiary/aromatic N) is 1. The molecule has 0 saturated carbocycles. The van der Waals surface area contributed by atoms with E-state index in [1.807, 2.05) is 6.07 Å². The summed E-state index contributed by atoms with van der Waals surface area (Å²) >= 11 is 1.45. The number of nitrogens with one attached hydrogen (secondary N) is 1. The summed E-state index contributed by atoms with van der Waals surface area (Å²) in [5, 5.41) is 12.6. The fourth-order valence-corrected chi connectivity index (χ4v) is 3.52. The third-order valence-corrected chi connectivity index (χ3v) is 4.67. The third kappa shape index (κ3) is 2.69. The summed E-state index contributed by atoms with van der Waals surface area (Å²) in [5.74, 6) is -0.0700. The van der Waals surface area contributed by atoms with Crippen molar-refractivity contribution in [3.05, 3.63) is 28.3 Å². The number of fused-ring (bicyclic) bond motifs is 2. The van der Waals surface area contributed by atoms with E-state index < -0.39 is 0 Å². The highest BCUT2D eigenvalue weighted by molar-refractivity contribution is 7.20. The molecule has 5 heteroatoms. The van der Waals surface area contributed by atoms with Crippen molar-refractivity contribution in [1.29, 1.82) is 0 Å². The van der Waals surface area contributed by atoms with Gasteiger partial charge in [-0.1, -0.05) is 0 Å². The Morgan fingerprint density at radius 3 is 3.05 bits per heavy atom. The molecule has 0 bridgehead atoms. The Morgan fingerprint density at radius 1 is 1.35 bits per heavy atom. The maximum absolute atomic E-state index is 12.0. The van der Waals surface area contributed by atoms with Gasteiger partial charge in [-0.25, -0.2) is 4.98 Å². The van der Waals surface area contributed by atoms with Crippen LogP contribution in [-0.2, 0) is 12.8 Å². The van der Waals surface area contributed by atoms with E-state index in [9.17, 15) is 4.79 Å². The maximum Gasteiger partial charge on any atom is 0.261 e. The number of aromatic nitrogens is 1. The summed E-state index contributed by atoms with van der Waals surface area (Å²) in [6.45, 7) is 0.606. The van der Waals surface area contributed by atoms with Crippen LogP contribution in [0.5, 0.6) is 0 Å². The molecule has 0 fully saturated rings. The number of thiophene rings is 1. The number of rotatable bonds is 4. The summed E-state index contributed by atoms with van der Waals surface area (Å²) in [4.78, 5) is 18.4. The third-order valence-electron chi connectivity index (χ3n) is 3.63. The lowest BCUT2D eigenvalue weighted by atomic mass is 9.96. The molecule has 1 amide bonds. The molecule has 106 valence electrons. The highest BCUT2D eigenvalue weighted by Crippen LogP contribution is 2.29. The average molecular weight is 290 g/mol. The van der Waals surface area contributed by atoms with E-state index in [1.54, 1.807) is 0 Å². The van der Waals surface area contributed by atoms with Crippen LogP contribution < -0.4 is 5.32 Å². The van der Waals surface area contributed by atoms with E-state index in [-0.39, 0.29) is 12.5 Å². The van der Waals surface area contributed by atoms with Gasteiger partial charge in [0, 0.05) is 24.2 Å². The van der Waals surface area contributed by atoms with Gasteiger partial charge >= 0.3 is 0 Å². The van der Waals surface area contributed by atoms with E-state index >= 15 is 0 Å².